The van der Waals surface area contributed by atoms with Crippen molar-refractivity contribution < 1.29 is 4.79 Å². The Bertz CT molecular complexity index is 263. The van der Waals surface area contributed by atoms with Crippen molar-refractivity contribution in [2.24, 2.45) is 5.92 Å². The van der Waals surface area contributed by atoms with Crippen LogP contribution in [0.15, 0.2) is 0 Å². The first-order valence-electron chi connectivity index (χ1n) is 6.91. The van der Waals surface area contributed by atoms with Gasteiger partial charge in [-0.2, -0.15) is 0 Å². The minimum atomic E-state index is 0.312. The fourth-order valence-corrected chi connectivity index (χ4v) is 3.05. The summed E-state index contributed by atoms with van der Waals surface area (Å²) in [6.07, 6.45) is 3.55. The van der Waals surface area contributed by atoms with E-state index in [9.17, 15) is 4.79 Å². The van der Waals surface area contributed by atoms with Crippen LogP contribution in [0.1, 0.15) is 26.2 Å². The minimum Gasteiger partial charge on any atom is -0.342 e. The molecule has 0 aromatic rings. The van der Waals surface area contributed by atoms with Gasteiger partial charge in [-0.3, -0.25) is 9.69 Å². The maximum Gasteiger partial charge on any atom is 0.236 e. The van der Waals surface area contributed by atoms with Gasteiger partial charge in [0.05, 0.1) is 6.54 Å². The van der Waals surface area contributed by atoms with E-state index in [2.05, 4.69) is 24.2 Å². The molecule has 4 nitrogen and oxygen atoms in total. The van der Waals surface area contributed by atoms with Crippen LogP contribution < -0.4 is 5.32 Å². The molecular formula is C13H25N3O. The average molecular weight is 239 g/mol. The number of hydrogen-bond donors (Lipinski definition) is 1. The van der Waals surface area contributed by atoms with Crippen molar-refractivity contribution in [3.63, 3.8) is 0 Å². The van der Waals surface area contributed by atoms with Crippen LogP contribution in [0.25, 0.3) is 0 Å². The Hall–Kier alpha value is -0.610. The molecule has 1 N–H and O–H groups in total. The summed E-state index contributed by atoms with van der Waals surface area (Å²) in [4.78, 5) is 16.3. The molecular weight excluding hydrogens is 214 g/mol. The van der Waals surface area contributed by atoms with Gasteiger partial charge in [0.15, 0.2) is 0 Å². The Balaban J connectivity index is 1.83. The van der Waals surface area contributed by atoms with E-state index >= 15 is 0 Å². The summed E-state index contributed by atoms with van der Waals surface area (Å²) < 4.78 is 0. The monoisotopic (exact) mass is 239 g/mol. The van der Waals surface area contributed by atoms with Crippen molar-refractivity contribution in [1.82, 2.24) is 15.1 Å². The predicted octanol–water partition coefficient (Wildman–Crippen LogP) is 0.539. The third kappa shape index (κ3) is 2.99. The van der Waals surface area contributed by atoms with Crippen molar-refractivity contribution in [1.29, 1.82) is 0 Å². The van der Waals surface area contributed by atoms with Crippen LogP contribution in [0.5, 0.6) is 0 Å². The van der Waals surface area contributed by atoms with Gasteiger partial charge >= 0.3 is 0 Å². The first-order chi connectivity index (χ1) is 8.22. The molecule has 2 heterocycles. The Morgan fingerprint density at radius 1 is 1.35 bits per heavy atom. The molecule has 0 saturated carbocycles. The lowest BCUT2D eigenvalue weighted by Gasteiger charge is -2.29. The third-order valence-electron chi connectivity index (χ3n) is 4.24. The van der Waals surface area contributed by atoms with Gasteiger partial charge in [0.1, 0.15) is 0 Å². The molecule has 2 unspecified atom stereocenters. The van der Waals surface area contributed by atoms with Crippen LogP contribution in [0, 0.1) is 5.92 Å². The number of amides is 1. The summed E-state index contributed by atoms with van der Waals surface area (Å²) in [6.45, 7) is 6.88. The zero-order valence-electron chi connectivity index (χ0n) is 11.1. The Morgan fingerprint density at radius 2 is 2.06 bits per heavy atom. The SMILES string of the molecule is CCC1CNCC1N(C)CC(=O)N1CCCC1. The summed E-state index contributed by atoms with van der Waals surface area (Å²) in [7, 11) is 2.09. The smallest absolute Gasteiger partial charge is 0.236 e. The molecule has 17 heavy (non-hydrogen) atoms. The molecule has 2 aliphatic heterocycles. The van der Waals surface area contributed by atoms with Crippen molar-refractivity contribution in [2.45, 2.75) is 32.2 Å². The molecule has 0 radical (unpaired) electrons. The quantitative estimate of drug-likeness (QED) is 0.778. The highest BCUT2D eigenvalue weighted by Gasteiger charge is 2.30. The largest absolute Gasteiger partial charge is 0.342 e. The second-order valence-corrected chi connectivity index (χ2v) is 5.40. The minimum absolute atomic E-state index is 0.312. The van der Waals surface area contributed by atoms with E-state index in [0.717, 1.165) is 26.2 Å². The van der Waals surface area contributed by atoms with E-state index < -0.39 is 0 Å². The summed E-state index contributed by atoms with van der Waals surface area (Å²) in [5.74, 6) is 1.01. The fraction of sp³-hybridized carbons (Fsp3) is 0.923. The van der Waals surface area contributed by atoms with Crippen LogP contribution in [-0.4, -0.2) is 61.5 Å². The lowest BCUT2D eigenvalue weighted by atomic mass is 10.00. The molecule has 2 rings (SSSR count). The normalized spacial score (nSPS) is 29.2. The standard InChI is InChI=1S/C13H25N3O/c1-3-11-8-14-9-12(11)15(2)10-13(17)16-6-4-5-7-16/h11-12,14H,3-10H2,1-2H3. The average Bonchev–Trinajstić information content (AvgIpc) is 2.99. The van der Waals surface area contributed by atoms with Crippen molar-refractivity contribution >= 4 is 5.91 Å². The number of nitrogens with one attached hydrogen (secondary N) is 1. The molecule has 0 spiro atoms. The van der Waals surface area contributed by atoms with Gasteiger partial charge < -0.3 is 10.2 Å². The van der Waals surface area contributed by atoms with E-state index in [1.807, 2.05) is 4.90 Å². The first-order valence-corrected chi connectivity index (χ1v) is 6.91. The summed E-state index contributed by atoms with van der Waals surface area (Å²) in [6, 6.07) is 0.534. The molecule has 2 saturated heterocycles. The molecule has 98 valence electrons. The van der Waals surface area contributed by atoms with Crippen LogP contribution in [-0.2, 0) is 4.79 Å². The summed E-state index contributed by atoms with van der Waals surface area (Å²) >= 11 is 0. The van der Waals surface area contributed by atoms with Gasteiger partial charge in [-0.1, -0.05) is 13.3 Å². The number of likely N-dealkylation sites (N-methyl/N-ethyl adjacent to an activating group) is 1. The van der Waals surface area contributed by atoms with E-state index in [4.69, 9.17) is 0 Å². The third-order valence-corrected chi connectivity index (χ3v) is 4.24. The van der Waals surface area contributed by atoms with E-state index in [0.29, 0.717) is 24.4 Å². The van der Waals surface area contributed by atoms with Gasteiger partial charge in [0.2, 0.25) is 5.91 Å². The molecule has 0 aliphatic carbocycles. The summed E-state index contributed by atoms with van der Waals surface area (Å²) in [5, 5.41) is 3.43. The molecule has 2 fully saturated rings. The second-order valence-electron chi connectivity index (χ2n) is 5.40. The van der Waals surface area contributed by atoms with Gasteiger partial charge in [-0.05, 0) is 32.4 Å². The van der Waals surface area contributed by atoms with Crippen molar-refractivity contribution in [3.05, 3.63) is 0 Å². The number of rotatable bonds is 4. The molecule has 2 aliphatic rings. The number of carbonyl (C=O) groups is 1. The molecule has 0 aromatic carbocycles. The van der Waals surface area contributed by atoms with Crippen LogP contribution in [0.4, 0.5) is 0 Å². The number of carbonyl (C=O) groups excluding carboxylic acids is 1. The van der Waals surface area contributed by atoms with Crippen molar-refractivity contribution in [3.8, 4) is 0 Å². The highest BCUT2D eigenvalue weighted by Crippen LogP contribution is 2.18. The zero-order valence-corrected chi connectivity index (χ0v) is 11.1. The van der Waals surface area contributed by atoms with E-state index in [1.54, 1.807) is 0 Å². The molecule has 1 amide bonds. The topological polar surface area (TPSA) is 35.6 Å². The zero-order chi connectivity index (χ0) is 12.3. The maximum atomic E-state index is 12.1. The lowest BCUT2D eigenvalue weighted by Crippen LogP contribution is -2.44. The molecule has 4 heteroatoms. The fourth-order valence-electron chi connectivity index (χ4n) is 3.05. The van der Waals surface area contributed by atoms with Gasteiger partial charge in [0, 0.05) is 25.7 Å². The van der Waals surface area contributed by atoms with Crippen LogP contribution in [0.2, 0.25) is 0 Å². The Morgan fingerprint density at radius 3 is 2.71 bits per heavy atom. The highest BCUT2D eigenvalue weighted by molar-refractivity contribution is 5.78. The number of likely N-dealkylation sites (tertiary alicyclic amines) is 1. The van der Waals surface area contributed by atoms with E-state index in [-0.39, 0.29) is 0 Å². The molecule has 2 atom stereocenters. The maximum absolute atomic E-state index is 12.1. The summed E-state index contributed by atoms with van der Waals surface area (Å²) in [5.41, 5.74) is 0. The molecule has 0 aromatic heterocycles. The Labute approximate surface area is 104 Å². The number of nitrogens with zero attached hydrogens (tertiary/aromatic N) is 2. The van der Waals surface area contributed by atoms with Crippen LogP contribution >= 0.6 is 0 Å². The second kappa shape index (κ2) is 5.83. The van der Waals surface area contributed by atoms with E-state index in [1.165, 1.54) is 19.3 Å². The van der Waals surface area contributed by atoms with Crippen LogP contribution in [0.3, 0.4) is 0 Å². The van der Waals surface area contributed by atoms with Gasteiger partial charge in [0.25, 0.3) is 0 Å². The lowest BCUT2D eigenvalue weighted by molar-refractivity contribution is -0.131. The van der Waals surface area contributed by atoms with Gasteiger partial charge in [-0.15, -0.1) is 0 Å². The van der Waals surface area contributed by atoms with Crippen molar-refractivity contribution in [2.75, 3.05) is 39.8 Å². The first kappa shape index (κ1) is 12.8. The Kier molecular flexibility index (Phi) is 4.40. The highest BCUT2D eigenvalue weighted by atomic mass is 16.2. The predicted molar refractivity (Wildman–Crippen MR) is 68.9 cm³/mol. The number of hydrogen-bond acceptors (Lipinski definition) is 3. The molecule has 0 bridgehead atoms. The van der Waals surface area contributed by atoms with Gasteiger partial charge in [-0.25, -0.2) is 0 Å².